The molecule has 2 heteroatoms. The van der Waals surface area contributed by atoms with Gasteiger partial charge in [-0.25, -0.2) is 0 Å². The summed E-state index contributed by atoms with van der Waals surface area (Å²) in [5, 5.41) is 4.57. The molecule has 2 nitrogen and oxygen atoms in total. The van der Waals surface area contributed by atoms with Gasteiger partial charge in [0.05, 0.1) is 5.52 Å². The highest BCUT2D eigenvalue weighted by molar-refractivity contribution is 5.84. The van der Waals surface area contributed by atoms with Gasteiger partial charge in [-0.05, 0) is 32.5 Å². The predicted octanol–water partition coefficient (Wildman–Crippen LogP) is 2.69. The van der Waals surface area contributed by atoms with Crippen LogP contribution in [0.15, 0.2) is 24.3 Å². The number of hydrogen-bond donors (Lipinski definition) is 1. The van der Waals surface area contributed by atoms with E-state index in [-0.39, 0.29) is 0 Å². The molecule has 1 heterocycles. The third kappa shape index (κ3) is 1.65. The van der Waals surface area contributed by atoms with Crippen LogP contribution in [0.5, 0.6) is 0 Å². The first-order chi connectivity index (χ1) is 7.27. The molecular weight excluding hydrogens is 184 g/mol. The molecule has 0 saturated carbocycles. The molecule has 0 saturated heterocycles. The molecule has 1 aromatic heterocycles. The number of aromatic nitrogens is 1. The van der Waals surface area contributed by atoms with Crippen LogP contribution in [0.2, 0.25) is 0 Å². The predicted molar refractivity (Wildman–Crippen MR) is 65.1 cm³/mol. The Bertz CT molecular complexity index is 469. The van der Waals surface area contributed by atoms with Gasteiger partial charge in [0.25, 0.3) is 0 Å². The molecule has 15 heavy (non-hydrogen) atoms. The molecule has 0 aliphatic rings. The van der Waals surface area contributed by atoms with Crippen molar-refractivity contribution in [3.05, 3.63) is 35.5 Å². The molecule has 1 aromatic carbocycles. The van der Waals surface area contributed by atoms with Gasteiger partial charge < -0.3 is 9.88 Å². The molecule has 0 aliphatic carbocycles. The highest BCUT2D eigenvalue weighted by Gasteiger charge is 2.07. The molecule has 0 radical (unpaired) electrons. The fourth-order valence-corrected chi connectivity index (χ4v) is 2.26. The van der Waals surface area contributed by atoms with Gasteiger partial charge in [0.1, 0.15) is 0 Å². The summed E-state index contributed by atoms with van der Waals surface area (Å²) in [5.41, 5.74) is 4.10. The van der Waals surface area contributed by atoms with Gasteiger partial charge in [0.2, 0.25) is 0 Å². The van der Waals surface area contributed by atoms with Gasteiger partial charge >= 0.3 is 0 Å². The first kappa shape index (κ1) is 10.2. The van der Waals surface area contributed by atoms with Crippen molar-refractivity contribution >= 4 is 10.9 Å². The fraction of sp³-hybridized carbons (Fsp3) is 0.385. The number of para-hydroxylation sites is 1. The summed E-state index contributed by atoms with van der Waals surface area (Å²) in [4.78, 5) is 0. The van der Waals surface area contributed by atoms with Crippen molar-refractivity contribution < 1.29 is 0 Å². The number of nitrogens with one attached hydrogen (secondary N) is 1. The number of fused-ring (bicyclic) bond motifs is 1. The Morgan fingerprint density at radius 2 is 2.13 bits per heavy atom. The Kier molecular flexibility index (Phi) is 2.78. The largest absolute Gasteiger partial charge is 0.343 e. The van der Waals surface area contributed by atoms with E-state index in [0.29, 0.717) is 0 Å². The van der Waals surface area contributed by atoms with E-state index in [4.69, 9.17) is 0 Å². The second-order valence-corrected chi connectivity index (χ2v) is 3.92. The Labute approximate surface area is 90.9 Å². The molecule has 0 bridgehead atoms. The van der Waals surface area contributed by atoms with Crippen LogP contribution in [-0.2, 0) is 13.1 Å². The molecule has 80 valence electrons. The minimum absolute atomic E-state index is 0.933. The van der Waals surface area contributed by atoms with E-state index in [1.807, 2.05) is 7.05 Å². The Morgan fingerprint density at radius 3 is 2.80 bits per heavy atom. The summed E-state index contributed by atoms with van der Waals surface area (Å²) in [7, 11) is 1.99. The summed E-state index contributed by atoms with van der Waals surface area (Å²) >= 11 is 0. The van der Waals surface area contributed by atoms with Gasteiger partial charge in [-0.15, -0.1) is 0 Å². The zero-order valence-corrected chi connectivity index (χ0v) is 9.67. The van der Waals surface area contributed by atoms with Gasteiger partial charge in [0, 0.05) is 24.2 Å². The lowest BCUT2D eigenvalue weighted by Crippen LogP contribution is -2.10. The minimum Gasteiger partial charge on any atom is -0.343 e. The normalized spacial score (nSPS) is 11.1. The summed E-state index contributed by atoms with van der Waals surface area (Å²) < 4.78 is 2.39. The van der Waals surface area contributed by atoms with E-state index in [9.17, 15) is 0 Å². The van der Waals surface area contributed by atoms with E-state index >= 15 is 0 Å². The topological polar surface area (TPSA) is 17.0 Å². The van der Waals surface area contributed by atoms with Crippen LogP contribution in [-0.4, -0.2) is 11.6 Å². The summed E-state index contributed by atoms with van der Waals surface area (Å²) in [6, 6.07) is 8.77. The third-order valence-corrected chi connectivity index (χ3v) is 2.88. The maximum Gasteiger partial charge on any atom is 0.0512 e. The standard InChI is InChI=1S/C13H18N2/c1-4-15-12(9-14-3)8-11-7-5-6-10(2)13(11)15/h5-8,14H,4,9H2,1-3H3. The van der Waals surface area contributed by atoms with Crippen molar-refractivity contribution in [1.29, 1.82) is 0 Å². The second-order valence-electron chi connectivity index (χ2n) is 3.92. The molecule has 0 spiro atoms. The molecule has 0 aliphatic heterocycles. The zero-order chi connectivity index (χ0) is 10.8. The smallest absolute Gasteiger partial charge is 0.0512 e. The van der Waals surface area contributed by atoms with Crippen LogP contribution in [0.1, 0.15) is 18.2 Å². The highest BCUT2D eigenvalue weighted by Crippen LogP contribution is 2.23. The number of hydrogen-bond acceptors (Lipinski definition) is 1. The second kappa shape index (κ2) is 4.07. The number of nitrogens with zero attached hydrogens (tertiary/aromatic N) is 1. The quantitative estimate of drug-likeness (QED) is 0.809. The van der Waals surface area contributed by atoms with E-state index in [1.54, 1.807) is 0 Å². The third-order valence-electron chi connectivity index (χ3n) is 2.88. The van der Waals surface area contributed by atoms with Crippen molar-refractivity contribution in [3.8, 4) is 0 Å². The first-order valence-corrected chi connectivity index (χ1v) is 5.50. The summed E-state index contributed by atoms with van der Waals surface area (Å²) in [6.07, 6.45) is 0. The SMILES string of the molecule is CCn1c(CNC)cc2cccc(C)c21. The number of rotatable bonds is 3. The number of aryl methyl sites for hydroxylation is 2. The average Bonchev–Trinajstić information content (AvgIpc) is 2.57. The average molecular weight is 202 g/mol. The van der Waals surface area contributed by atoms with Gasteiger partial charge in [-0.2, -0.15) is 0 Å². The summed E-state index contributed by atoms with van der Waals surface area (Å²) in [6.45, 7) is 6.34. The molecule has 2 rings (SSSR count). The fourth-order valence-electron chi connectivity index (χ4n) is 2.26. The molecular formula is C13H18N2. The van der Waals surface area contributed by atoms with Crippen molar-refractivity contribution in [2.45, 2.75) is 26.9 Å². The van der Waals surface area contributed by atoms with Crippen LogP contribution in [0, 0.1) is 6.92 Å². The lowest BCUT2D eigenvalue weighted by Gasteiger charge is -2.08. The van der Waals surface area contributed by atoms with Crippen molar-refractivity contribution in [3.63, 3.8) is 0 Å². The molecule has 0 unspecified atom stereocenters. The molecule has 0 fully saturated rings. The molecule has 2 aromatic rings. The van der Waals surface area contributed by atoms with Gasteiger partial charge in [-0.3, -0.25) is 0 Å². The lowest BCUT2D eigenvalue weighted by molar-refractivity contribution is 0.691. The molecule has 0 amide bonds. The van der Waals surface area contributed by atoms with E-state index in [1.165, 1.54) is 22.2 Å². The van der Waals surface area contributed by atoms with Crippen LogP contribution in [0.3, 0.4) is 0 Å². The highest BCUT2D eigenvalue weighted by atomic mass is 15.0. The zero-order valence-electron chi connectivity index (χ0n) is 9.67. The van der Waals surface area contributed by atoms with Crippen LogP contribution in [0.4, 0.5) is 0 Å². The van der Waals surface area contributed by atoms with E-state index in [2.05, 4.69) is 48.0 Å². The first-order valence-electron chi connectivity index (χ1n) is 5.50. The lowest BCUT2D eigenvalue weighted by atomic mass is 10.2. The van der Waals surface area contributed by atoms with Crippen molar-refractivity contribution in [1.82, 2.24) is 9.88 Å². The Hall–Kier alpha value is -1.28. The minimum atomic E-state index is 0.933. The number of benzene rings is 1. The van der Waals surface area contributed by atoms with E-state index < -0.39 is 0 Å². The molecule has 0 atom stereocenters. The van der Waals surface area contributed by atoms with E-state index in [0.717, 1.165) is 13.1 Å². The van der Waals surface area contributed by atoms with Crippen LogP contribution in [0.25, 0.3) is 10.9 Å². The van der Waals surface area contributed by atoms with Gasteiger partial charge in [-0.1, -0.05) is 18.2 Å². The Balaban J connectivity index is 2.68. The summed E-state index contributed by atoms with van der Waals surface area (Å²) in [5.74, 6) is 0. The van der Waals surface area contributed by atoms with Gasteiger partial charge in [0.15, 0.2) is 0 Å². The van der Waals surface area contributed by atoms with Crippen molar-refractivity contribution in [2.75, 3.05) is 7.05 Å². The maximum absolute atomic E-state index is 3.22. The molecule has 1 N–H and O–H groups in total. The van der Waals surface area contributed by atoms with Crippen LogP contribution >= 0.6 is 0 Å². The van der Waals surface area contributed by atoms with Crippen molar-refractivity contribution in [2.24, 2.45) is 0 Å². The monoisotopic (exact) mass is 202 g/mol. The Morgan fingerprint density at radius 1 is 1.33 bits per heavy atom. The van der Waals surface area contributed by atoms with Crippen LogP contribution < -0.4 is 5.32 Å². The maximum atomic E-state index is 3.22.